The van der Waals surface area contributed by atoms with Crippen LogP contribution in [0.2, 0.25) is 0 Å². The van der Waals surface area contributed by atoms with Crippen molar-refractivity contribution < 1.29 is 0 Å². The van der Waals surface area contributed by atoms with Gasteiger partial charge in [-0.2, -0.15) is 0 Å². The molecule has 0 saturated carbocycles. The van der Waals surface area contributed by atoms with E-state index < -0.39 is 0 Å². The van der Waals surface area contributed by atoms with Crippen LogP contribution in [-0.2, 0) is 5.41 Å². The molecule has 1 heterocycles. The normalized spacial score (nSPS) is 13.3. The van der Waals surface area contributed by atoms with Gasteiger partial charge in [0.25, 0.3) is 0 Å². The van der Waals surface area contributed by atoms with Gasteiger partial charge in [0.1, 0.15) is 0 Å². The van der Waals surface area contributed by atoms with Gasteiger partial charge in [0.2, 0.25) is 0 Å². The molecule has 0 saturated heterocycles. The molecule has 1 aliphatic rings. The Hall–Kier alpha value is -5.53. The first-order valence-electron chi connectivity index (χ1n) is 15.7. The first-order valence-corrected chi connectivity index (χ1v) is 15.7. The van der Waals surface area contributed by atoms with Gasteiger partial charge in [0.05, 0.1) is 11.4 Å². The fourth-order valence-corrected chi connectivity index (χ4v) is 7.71. The van der Waals surface area contributed by atoms with E-state index in [1.54, 1.807) is 0 Å². The lowest BCUT2D eigenvalue weighted by molar-refractivity contribution is 0.667. The Morgan fingerprint density at radius 2 is 0.911 bits per heavy atom. The molecule has 0 fully saturated rings. The van der Waals surface area contributed by atoms with E-state index in [1.807, 2.05) is 0 Å². The summed E-state index contributed by atoms with van der Waals surface area (Å²) in [6.07, 6.45) is 0. The number of aromatic nitrogens is 1. The van der Waals surface area contributed by atoms with Crippen LogP contribution in [0.15, 0.2) is 152 Å². The first-order chi connectivity index (χ1) is 22.1. The fourth-order valence-electron chi connectivity index (χ4n) is 7.71. The van der Waals surface area contributed by atoms with E-state index >= 15 is 0 Å². The number of hydrogen-bond donors (Lipinski definition) is 0. The molecule has 45 heavy (non-hydrogen) atoms. The number of hydrogen-bond acceptors (Lipinski definition) is 1. The lowest BCUT2D eigenvalue weighted by Crippen LogP contribution is -2.15. The molecule has 0 radical (unpaired) electrons. The van der Waals surface area contributed by atoms with Crippen LogP contribution in [-0.4, -0.2) is 4.98 Å². The monoisotopic (exact) mass is 573 g/mol. The molecule has 1 heteroatoms. The van der Waals surface area contributed by atoms with Crippen LogP contribution < -0.4 is 0 Å². The Balaban J connectivity index is 1.29. The van der Waals surface area contributed by atoms with Gasteiger partial charge in [-0.25, -0.2) is 4.98 Å². The Morgan fingerprint density at radius 3 is 1.51 bits per heavy atom. The minimum absolute atomic E-state index is 0.142. The third kappa shape index (κ3) is 3.90. The molecule has 0 spiro atoms. The van der Waals surface area contributed by atoms with Gasteiger partial charge < -0.3 is 0 Å². The lowest BCUT2D eigenvalue weighted by atomic mass is 9.78. The van der Waals surface area contributed by atoms with E-state index in [0.29, 0.717) is 0 Å². The summed E-state index contributed by atoms with van der Waals surface area (Å²) in [5.41, 5.74) is 11.9. The SMILES string of the molecule is CC1(C)c2ccc(-c3cc(-c4ccccc4)nc(-c4ccccc4)c3)cc2-c2ccc3c4ccccc4c4ccccc4c3c21. The second-order valence-electron chi connectivity index (χ2n) is 12.7. The molecule has 0 amide bonds. The molecule has 7 aromatic carbocycles. The second kappa shape index (κ2) is 9.74. The summed E-state index contributed by atoms with van der Waals surface area (Å²) in [5, 5.41) is 8.00. The van der Waals surface area contributed by atoms with Gasteiger partial charge in [0, 0.05) is 16.5 Å². The summed E-state index contributed by atoms with van der Waals surface area (Å²) in [6, 6.07) is 55.1. The molecule has 0 unspecified atom stereocenters. The van der Waals surface area contributed by atoms with Gasteiger partial charge in [-0.15, -0.1) is 0 Å². The Bertz CT molecular complexity index is 2340. The number of rotatable bonds is 3. The molecule has 212 valence electrons. The standard InChI is InChI=1S/C44H31N/c1-44(2)39-24-21-30(31-26-40(28-13-5-3-6-14-28)45-41(27-31)29-15-7-4-8-16-29)25-38(39)37-23-22-36-34-19-10-9-17-32(34)33-18-11-12-20-35(33)42(36)43(37)44/h3-27H,1-2H3. The molecule has 1 nitrogen and oxygen atoms in total. The molecular formula is C44H31N. The highest BCUT2D eigenvalue weighted by Gasteiger charge is 2.37. The van der Waals surface area contributed by atoms with Crippen LogP contribution in [0.25, 0.3) is 77.1 Å². The van der Waals surface area contributed by atoms with Crippen molar-refractivity contribution in [2.24, 2.45) is 0 Å². The van der Waals surface area contributed by atoms with Crippen molar-refractivity contribution in [1.29, 1.82) is 0 Å². The summed E-state index contributed by atoms with van der Waals surface area (Å²) >= 11 is 0. The Morgan fingerprint density at radius 1 is 0.400 bits per heavy atom. The molecule has 0 bridgehead atoms. The van der Waals surface area contributed by atoms with Gasteiger partial charge >= 0.3 is 0 Å². The van der Waals surface area contributed by atoms with E-state index in [4.69, 9.17) is 4.98 Å². The Labute approximate surface area is 263 Å². The predicted octanol–water partition coefficient (Wildman–Crippen LogP) is 11.8. The van der Waals surface area contributed by atoms with Crippen molar-refractivity contribution in [3.05, 3.63) is 163 Å². The van der Waals surface area contributed by atoms with E-state index in [2.05, 4.69) is 166 Å². The van der Waals surface area contributed by atoms with Gasteiger partial charge in [-0.1, -0.05) is 147 Å². The zero-order chi connectivity index (χ0) is 30.1. The zero-order valence-corrected chi connectivity index (χ0v) is 25.4. The third-order valence-corrected chi connectivity index (χ3v) is 9.82. The molecular weight excluding hydrogens is 542 g/mol. The van der Waals surface area contributed by atoms with Crippen molar-refractivity contribution in [2.45, 2.75) is 19.3 Å². The largest absolute Gasteiger partial charge is 0.248 e. The summed E-state index contributed by atoms with van der Waals surface area (Å²) < 4.78 is 0. The average molecular weight is 574 g/mol. The maximum absolute atomic E-state index is 5.12. The fraction of sp³-hybridized carbons (Fsp3) is 0.0682. The van der Waals surface area contributed by atoms with E-state index in [1.165, 1.54) is 65.7 Å². The highest BCUT2D eigenvalue weighted by atomic mass is 14.7. The molecule has 9 rings (SSSR count). The lowest BCUT2D eigenvalue weighted by Gasteiger charge is -2.24. The van der Waals surface area contributed by atoms with Crippen molar-refractivity contribution in [2.75, 3.05) is 0 Å². The summed E-state index contributed by atoms with van der Waals surface area (Å²) in [4.78, 5) is 5.12. The predicted molar refractivity (Wildman–Crippen MR) is 191 cm³/mol. The minimum Gasteiger partial charge on any atom is -0.248 e. The molecule has 0 atom stereocenters. The number of nitrogens with zero attached hydrogens (tertiary/aromatic N) is 1. The van der Waals surface area contributed by atoms with Gasteiger partial charge in [-0.05, 0) is 83.9 Å². The smallest absolute Gasteiger partial charge is 0.0715 e. The van der Waals surface area contributed by atoms with Gasteiger partial charge in [0.15, 0.2) is 0 Å². The van der Waals surface area contributed by atoms with Crippen LogP contribution in [0.1, 0.15) is 25.0 Å². The second-order valence-corrected chi connectivity index (χ2v) is 12.7. The Kier molecular flexibility index (Phi) is 5.61. The van der Waals surface area contributed by atoms with Crippen molar-refractivity contribution in [1.82, 2.24) is 4.98 Å². The van der Waals surface area contributed by atoms with Gasteiger partial charge in [-0.3, -0.25) is 0 Å². The molecule has 0 N–H and O–H groups in total. The van der Waals surface area contributed by atoms with E-state index in [9.17, 15) is 0 Å². The maximum atomic E-state index is 5.12. The average Bonchev–Trinajstić information content (AvgIpc) is 3.34. The minimum atomic E-state index is -0.142. The van der Waals surface area contributed by atoms with Crippen molar-refractivity contribution >= 4 is 32.3 Å². The van der Waals surface area contributed by atoms with E-state index in [0.717, 1.165) is 22.5 Å². The van der Waals surface area contributed by atoms with Crippen LogP contribution in [0.4, 0.5) is 0 Å². The van der Waals surface area contributed by atoms with Crippen LogP contribution in [0, 0.1) is 0 Å². The highest BCUT2D eigenvalue weighted by molar-refractivity contribution is 6.27. The quantitative estimate of drug-likeness (QED) is 0.192. The highest BCUT2D eigenvalue weighted by Crippen LogP contribution is 2.54. The topological polar surface area (TPSA) is 12.9 Å². The molecule has 1 aliphatic carbocycles. The third-order valence-electron chi connectivity index (χ3n) is 9.82. The van der Waals surface area contributed by atoms with E-state index in [-0.39, 0.29) is 5.41 Å². The molecule has 1 aromatic heterocycles. The zero-order valence-electron chi connectivity index (χ0n) is 25.4. The van der Waals surface area contributed by atoms with Crippen molar-refractivity contribution in [3.63, 3.8) is 0 Å². The van der Waals surface area contributed by atoms with Crippen LogP contribution in [0.3, 0.4) is 0 Å². The number of pyridine rings is 1. The van der Waals surface area contributed by atoms with Crippen molar-refractivity contribution in [3.8, 4) is 44.8 Å². The first kappa shape index (κ1) is 25.9. The summed E-state index contributed by atoms with van der Waals surface area (Å²) in [5.74, 6) is 0. The molecule has 0 aliphatic heterocycles. The number of fused-ring (bicyclic) bond motifs is 10. The van der Waals surface area contributed by atoms with Crippen LogP contribution >= 0.6 is 0 Å². The number of benzene rings is 7. The summed E-state index contributed by atoms with van der Waals surface area (Å²) in [6.45, 7) is 4.79. The molecule has 8 aromatic rings. The summed E-state index contributed by atoms with van der Waals surface area (Å²) in [7, 11) is 0. The van der Waals surface area contributed by atoms with Crippen LogP contribution in [0.5, 0.6) is 0 Å². The maximum Gasteiger partial charge on any atom is 0.0715 e.